The molecule has 2 aromatic rings. The van der Waals surface area contributed by atoms with E-state index in [1.165, 1.54) is 13.0 Å². The second kappa shape index (κ2) is 5.01. The van der Waals surface area contributed by atoms with Gasteiger partial charge in [-0.05, 0) is 18.2 Å². The maximum Gasteiger partial charge on any atom is 0.229 e. The van der Waals surface area contributed by atoms with Gasteiger partial charge in [0.05, 0.1) is 17.6 Å². The van der Waals surface area contributed by atoms with Gasteiger partial charge in [0.25, 0.3) is 0 Å². The van der Waals surface area contributed by atoms with Crippen LogP contribution in [0.1, 0.15) is 6.92 Å². The molecule has 20 heavy (non-hydrogen) atoms. The smallest absolute Gasteiger partial charge is 0.229 e. The third-order valence-corrected chi connectivity index (χ3v) is 3.23. The summed E-state index contributed by atoms with van der Waals surface area (Å²) in [5.74, 6) is -0.403. The van der Waals surface area contributed by atoms with Crippen molar-refractivity contribution in [2.45, 2.75) is 6.92 Å². The zero-order chi connectivity index (χ0) is 14.9. The number of phenols is 1. The van der Waals surface area contributed by atoms with Gasteiger partial charge in [0.15, 0.2) is 0 Å². The van der Waals surface area contributed by atoms with Crippen LogP contribution in [0.2, 0.25) is 0 Å². The molecule has 0 aliphatic heterocycles. The number of rotatable bonds is 3. The summed E-state index contributed by atoms with van der Waals surface area (Å²) in [6.07, 6.45) is 1.05. The minimum absolute atomic E-state index is 0.102. The lowest BCUT2D eigenvalue weighted by Crippen LogP contribution is -2.10. The van der Waals surface area contributed by atoms with Crippen LogP contribution in [0.25, 0.3) is 10.8 Å². The minimum Gasteiger partial charge on any atom is -0.505 e. The van der Waals surface area contributed by atoms with Crippen molar-refractivity contribution in [1.29, 1.82) is 0 Å². The first-order chi connectivity index (χ1) is 9.28. The number of hydrogen-bond donors (Lipinski definition) is 3. The van der Waals surface area contributed by atoms with Crippen LogP contribution in [-0.2, 0) is 14.8 Å². The number of anilines is 2. The molecule has 0 bridgehead atoms. The molecule has 0 unspecified atom stereocenters. The third-order valence-electron chi connectivity index (χ3n) is 2.64. The zero-order valence-corrected chi connectivity index (χ0v) is 11.8. The lowest BCUT2D eigenvalue weighted by molar-refractivity contribution is -0.114. The first-order valence-corrected chi connectivity index (χ1v) is 7.67. The molecule has 7 heteroatoms. The summed E-state index contributed by atoms with van der Waals surface area (Å²) >= 11 is 0. The fourth-order valence-corrected chi connectivity index (χ4v) is 2.50. The van der Waals surface area contributed by atoms with Crippen LogP contribution in [0.15, 0.2) is 30.3 Å². The minimum atomic E-state index is -3.41. The van der Waals surface area contributed by atoms with E-state index in [0.717, 1.165) is 6.26 Å². The molecular weight excluding hydrogens is 280 g/mol. The van der Waals surface area contributed by atoms with E-state index >= 15 is 0 Å². The number of aromatic hydroxyl groups is 1. The Kier molecular flexibility index (Phi) is 3.54. The van der Waals surface area contributed by atoms with Gasteiger partial charge in [-0.25, -0.2) is 8.42 Å². The van der Waals surface area contributed by atoms with E-state index < -0.39 is 10.0 Å². The molecule has 0 radical (unpaired) electrons. The molecule has 0 aromatic heterocycles. The van der Waals surface area contributed by atoms with Crippen LogP contribution in [-0.4, -0.2) is 25.7 Å². The summed E-state index contributed by atoms with van der Waals surface area (Å²) in [4.78, 5) is 11.0. The molecule has 0 aliphatic carbocycles. The van der Waals surface area contributed by atoms with Gasteiger partial charge in [-0.1, -0.05) is 12.1 Å². The molecule has 0 fully saturated rings. The van der Waals surface area contributed by atoms with Crippen molar-refractivity contribution >= 4 is 38.1 Å². The van der Waals surface area contributed by atoms with Crippen LogP contribution in [0.4, 0.5) is 11.4 Å². The molecule has 106 valence electrons. The van der Waals surface area contributed by atoms with Gasteiger partial charge in [0.2, 0.25) is 15.9 Å². The van der Waals surface area contributed by atoms with Crippen LogP contribution in [0.3, 0.4) is 0 Å². The molecule has 2 rings (SSSR count). The number of fused-ring (bicyclic) bond motifs is 1. The van der Waals surface area contributed by atoms with Crippen molar-refractivity contribution in [1.82, 2.24) is 0 Å². The van der Waals surface area contributed by atoms with Gasteiger partial charge in [-0.3, -0.25) is 9.52 Å². The Labute approximate surface area is 116 Å². The molecule has 2 aromatic carbocycles. The quantitative estimate of drug-likeness (QED) is 0.753. The predicted octanol–water partition coefficient (Wildman–Crippen LogP) is 1.88. The second-order valence-corrected chi connectivity index (χ2v) is 6.17. The van der Waals surface area contributed by atoms with Gasteiger partial charge < -0.3 is 10.4 Å². The van der Waals surface area contributed by atoms with Crippen molar-refractivity contribution in [3.63, 3.8) is 0 Å². The Morgan fingerprint density at radius 1 is 1.10 bits per heavy atom. The molecule has 0 saturated heterocycles. The van der Waals surface area contributed by atoms with E-state index in [9.17, 15) is 18.3 Å². The average Bonchev–Trinajstić information content (AvgIpc) is 2.31. The first kappa shape index (κ1) is 14.1. The Hall–Kier alpha value is -2.28. The van der Waals surface area contributed by atoms with Gasteiger partial charge in [-0.15, -0.1) is 0 Å². The maximum absolute atomic E-state index is 11.3. The molecule has 0 aliphatic rings. The van der Waals surface area contributed by atoms with E-state index in [1.54, 1.807) is 24.3 Å². The molecule has 1 amide bonds. The molecule has 3 N–H and O–H groups in total. The van der Waals surface area contributed by atoms with Crippen molar-refractivity contribution in [2.24, 2.45) is 0 Å². The number of phenolic OH excluding ortho intramolecular Hbond substituents is 1. The largest absolute Gasteiger partial charge is 0.505 e. The van der Waals surface area contributed by atoms with Gasteiger partial charge in [-0.2, -0.15) is 0 Å². The molecule has 6 nitrogen and oxygen atoms in total. The highest BCUT2D eigenvalue weighted by Crippen LogP contribution is 2.36. The number of carbonyl (C=O) groups is 1. The van der Waals surface area contributed by atoms with E-state index in [0.29, 0.717) is 16.5 Å². The fourth-order valence-electron chi connectivity index (χ4n) is 1.92. The number of benzene rings is 2. The number of carbonyl (C=O) groups excluding carboxylic acids is 1. The number of sulfonamides is 1. The highest BCUT2D eigenvalue weighted by Gasteiger charge is 2.11. The van der Waals surface area contributed by atoms with E-state index in [-0.39, 0.29) is 17.3 Å². The lowest BCUT2D eigenvalue weighted by Gasteiger charge is -2.12. The van der Waals surface area contributed by atoms with Gasteiger partial charge in [0, 0.05) is 17.7 Å². The van der Waals surface area contributed by atoms with Crippen LogP contribution >= 0.6 is 0 Å². The van der Waals surface area contributed by atoms with E-state index in [2.05, 4.69) is 10.0 Å². The lowest BCUT2D eigenvalue weighted by atomic mass is 10.1. The number of amides is 1. The molecule has 0 heterocycles. The predicted molar refractivity (Wildman–Crippen MR) is 78.4 cm³/mol. The van der Waals surface area contributed by atoms with Crippen molar-refractivity contribution < 1.29 is 18.3 Å². The van der Waals surface area contributed by atoms with Crippen LogP contribution in [0.5, 0.6) is 5.75 Å². The summed E-state index contributed by atoms with van der Waals surface area (Å²) in [7, 11) is -3.41. The summed E-state index contributed by atoms with van der Waals surface area (Å²) in [5.41, 5.74) is 0.649. The highest BCUT2D eigenvalue weighted by atomic mass is 32.2. The van der Waals surface area contributed by atoms with Crippen molar-refractivity contribution in [3.05, 3.63) is 30.3 Å². The summed E-state index contributed by atoms with van der Waals surface area (Å²) in [5, 5.41) is 13.6. The highest BCUT2D eigenvalue weighted by molar-refractivity contribution is 7.92. The zero-order valence-electron chi connectivity index (χ0n) is 11.0. The van der Waals surface area contributed by atoms with Crippen molar-refractivity contribution in [3.8, 4) is 5.75 Å². The summed E-state index contributed by atoms with van der Waals surface area (Å²) in [6.45, 7) is 1.34. The van der Waals surface area contributed by atoms with E-state index in [1.807, 2.05) is 0 Å². The Morgan fingerprint density at radius 3 is 2.40 bits per heavy atom. The summed E-state index contributed by atoms with van der Waals surface area (Å²) in [6, 6.07) is 8.01. The second-order valence-electron chi connectivity index (χ2n) is 4.42. The Balaban J connectivity index is 2.61. The topological polar surface area (TPSA) is 95.5 Å². The van der Waals surface area contributed by atoms with E-state index in [4.69, 9.17) is 0 Å². The molecule has 0 atom stereocenters. The first-order valence-electron chi connectivity index (χ1n) is 5.78. The SMILES string of the molecule is CC(=O)Nc1ccc2c(NS(C)(=O)=O)cccc2c1O. The van der Waals surface area contributed by atoms with Crippen LogP contribution < -0.4 is 10.0 Å². The normalized spacial score (nSPS) is 11.3. The Morgan fingerprint density at radius 2 is 1.80 bits per heavy atom. The number of nitrogens with one attached hydrogen (secondary N) is 2. The van der Waals surface area contributed by atoms with Crippen LogP contribution in [0, 0.1) is 0 Å². The summed E-state index contributed by atoms with van der Waals surface area (Å²) < 4.78 is 25.0. The maximum atomic E-state index is 11.3. The third kappa shape index (κ3) is 3.00. The van der Waals surface area contributed by atoms with Crippen molar-refractivity contribution in [2.75, 3.05) is 16.3 Å². The molecule has 0 spiro atoms. The average molecular weight is 294 g/mol. The Bertz CT molecular complexity index is 784. The monoisotopic (exact) mass is 294 g/mol. The fraction of sp³-hybridized carbons (Fsp3) is 0.154. The molecular formula is C13H14N2O4S. The molecule has 0 saturated carbocycles. The van der Waals surface area contributed by atoms with Gasteiger partial charge >= 0.3 is 0 Å². The number of hydrogen-bond acceptors (Lipinski definition) is 4. The standard InChI is InChI=1S/C13H14N2O4S/c1-8(16)14-12-7-6-9-10(13(12)17)4-3-5-11(9)15-20(2,18)19/h3-7,15,17H,1-2H3,(H,14,16). The van der Waals surface area contributed by atoms with Gasteiger partial charge in [0.1, 0.15) is 5.75 Å².